The van der Waals surface area contributed by atoms with Crippen molar-refractivity contribution in [2.24, 2.45) is 5.73 Å². The van der Waals surface area contributed by atoms with E-state index in [9.17, 15) is 4.79 Å². The molecule has 1 unspecified atom stereocenters. The van der Waals surface area contributed by atoms with E-state index in [4.69, 9.17) is 10.5 Å². The molecule has 6 heteroatoms. The maximum absolute atomic E-state index is 12.1. The van der Waals surface area contributed by atoms with E-state index in [1.54, 1.807) is 17.0 Å². The zero-order chi connectivity index (χ0) is 12.3. The van der Waals surface area contributed by atoms with Crippen molar-refractivity contribution in [1.82, 2.24) is 9.55 Å². The number of hydrogen-bond donors (Lipinski definition) is 1. The van der Waals surface area contributed by atoms with Crippen LogP contribution in [0.1, 0.15) is 6.92 Å². The van der Waals surface area contributed by atoms with Crippen LogP contribution in [0, 0.1) is 0 Å². The molecule has 0 aromatic carbocycles. The number of hydrogen-bond acceptors (Lipinski definition) is 5. The fraction of sp³-hybridized carbons (Fsp3) is 0.636. The first kappa shape index (κ1) is 12.1. The third-order valence-corrected chi connectivity index (χ3v) is 2.94. The molecule has 1 fully saturated rings. The second kappa shape index (κ2) is 5.29. The van der Waals surface area contributed by atoms with E-state index in [2.05, 4.69) is 4.98 Å². The highest BCUT2D eigenvalue weighted by molar-refractivity contribution is 5.36. The molecular weight excluding hydrogens is 220 g/mol. The van der Waals surface area contributed by atoms with Crippen LogP contribution in [-0.4, -0.2) is 41.9 Å². The molecule has 2 rings (SSSR count). The summed E-state index contributed by atoms with van der Waals surface area (Å²) >= 11 is 0. The van der Waals surface area contributed by atoms with Gasteiger partial charge < -0.3 is 19.9 Å². The first-order valence-electron chi connectivity index (χ1n) is 5.88. The van der Waals surface area contributed by atoms with E-state index in [0.717, 1.165) is 0 Å². The van der Waals surface area contributed by atoms with Crippen molar-refractivity contribution in [2.45, 2.75) is 19.6 Å². The van der Waals surface area contributed by atoms with Gasteiger partial charge in [-0.3, -0.25) is 4.79 Å². The van der Waals surface area contributed by atoms with E-state index >= 15 is 0 Å². The van der Waals surface area contributed by atoms with E-state index in [1.807, 2.05) is 11.8 Å². The summed E-state index contributed by atoms with van der Waals surface area (Å²) in [5.74, 6) is 0.496. The molecule has 0 aliphatic carbocycles. The minimum Gasteiger partial charge on any atom is -0.373 e. The van der Waals surface area contributed by atoms with Gasteiger partial charge in [0.05, 0.1) is 12.7 Å². The zero-order valence-electron chi connectivity index (χ0n) is 10.0. The lowest BCUT2D eigenvalue weighted by Crippen LogP contribution is -2.48. The third-order valence-electron chi connectivity index (χ3n) is 2.94. The van der Waals surface area contributed by atoms with Gasteiger partial charge in [-0.1, -0.05) is 0 Å². The van der Waals surface area contributed by atoms with Crippen molar-refractivity contribution in [2.75, 3.05) is 31.1 Å². The molecule has 2 N–H and O–H groups in total. The number of anilines is 1. The van der Waals surface area contributed by atoms with Crippen molar-refractivity contribution in [3.05, 3.63) is 22.7 Å². The van der Waals surface area contributed by atoms with Crippen LogP contribution in [0.2, 0.25) is 0 Å². The number of ether oxygens (including phenoxy) is 1. The first-order valence-corrected chi connectivity index (χ1v) is 5.88. The summed E-state index contributed by atoms with van der Waals surface area (Å²) in [5, 5.41) is 0. The fourth-order valence-corrected chi connectivity index (χ4v) is 1.96. The summed E-state index contributed by atoms with van der Waals surface area (Å²) in [4.78, 5) is 18.2. The van der Waals surface area contributed by atoms with Crippen LogP contribution >= 0.6 is 0 Å². The Morgan fingerprint density at radius 1 is 1.65 bits per heavy atom. The molecule has 1 aromatic rings. The van der Waals surface area contributed by atoms with E-state index in [0.29, 0.717) is 38.6 Å². The molecule has 1 aliphatic heterocycles. The van der Waals surface area contributed by atoms with Gasteiger partial charge in [0.1, 0.15) is 0 Å². The predicted molar refractivity (Wildman–Crippen MR) is 65.2 cm³/mol. The third kappa shape index (κ3) is 2.48. The zero-order valence-corrected chi connectivity index (χ0v) is 10.0. The topological polar surface area (TPSA) is 73.4 Å². The highest BCUT2D eigenvalue weighted by Gasteiger charge is 2.22. The van der Waals surface area contributed by atoms with Crippen molar-refractivity contribution in [3.8, 4) is 0 Å². The maximum atomic E-state index is 12.1. The van der Waals surface area contributed by atoms with Crippen LogP contribution < -0.4 is 16.2 Å². The monoisotopic (exact) mass is 238 g/mol. The van der Waals surface area contributed by atoms with Crippen LogP contribution in [-0.2, 0) is 11.3 Å². The van der Waals surface area contributed by atoms with Crippen LogP contribution in [0.4, 0.5) is 5.82 Å². The van der Waals surface area contributed by atoms with Crippen molar-refractivity contribution in [1.29, 1.82) is 0 Å². The summed E-state index contributed by atoms with van der Waals surface area (Å²) in [6.45, 7) is 4.96. The quantitative estimate of drug-likeness (QED) is 0.763. The molecule has 0 spiro atoms. The summed E-state index contributed by atoms with van der Waals surface area (Å²) in [5.41, 5.74) is 5.53. The van der Waals surface area contributed by atoms with Gasteiger partial charge in [0.25, 0.3) is 5.56 Å². The molecule has 1 atom stereocenters. The van der Waals surface area contributed by atoms with E-state index in [1.165, 1.54) is 0 Å². The van der Waals surface area contributed by atoms with Crippen molar-refractivity contribution in [3.63, 3.8) is 0 Å². The Hall–Kier alpha value is -1.40. The molecule has 94 valence electrons. The average Bonchev–Trinajstić information content (AvgIpc) is 2.39. The fourth-order valence-electron chi connectivity index (χ4n) is 1.96. The number of nitrogens with zero attached hydrogens (tertiary/aromatic N) is 3. The number of morpholine rings is 1. The lowest BCUT2D eigenvalue weighted by atomic mass is 10.2. The summed E-state index contributed by atoms with van der Waals surface area (Å²) in [6.07, 6.45) is 3.35. The van der Waals surface area contributed by atoms with Crippen molar-refractivity contribution < 1.29 is 4.74 Å². The van der Waals surface area contributed by atoms with Crippen LogP contribution in [0.5, 0.6) is 0 Å². The second-order valence-corrected chi connectivity index (χ2v) is 4.02. The predicted octanol–water partition coefficient (Wildman–Crippen LogP) is -0.573. The Morgan fingerprint density at radius 3 is 3.18 bits per heavy atom. The van der Waals surface area contributed by atoms with Crippen molar-refractivity contribution >= 4 is 5.82 Å². The van der Waals surface area contributed by atoms with Crippen LogP contribution in [0.15, 0.2) is 17.2 Å². The molecule has 0 radical (unpaired) electrons. The Labute approximate surface area is 100 Å². The molecule has 0 bridgehead atoms. The van der Waals surface area contributed by atoms with Gasteiger partial charge in [0.2, 0.25) is 0 Å². The molecule has 2 heterocycles. The average molecular weight is 238 g/mol. The molecule has 17 heavy (non-hydrogen) atoms. The van der Waals surface area contributed by atoms with E-state index in [-0.39, 0.29) is 11.7 Å². The molecule has 1 saturated heterocycles. The van der Waals surface area contributed by atoms with Gasteiger partial charge in [-0.15, -0.1) is 0 Å². The highest BCUT2D eigenvalue weighted by atomic mass is 16.5. The van der Waals surface area contributed by atoms with Gasteiger partial charge >= 0.3 is 0 Å². The van der Waals surface area contributed by atoms with E-state index < -0.39 is 0 Å². The van der Waals surface area contributed by atoms with Crippen LogP contribution in [0.3, 0.4) is 0 Å². The Balaban J connectivity index is 2.24. The van der Waals surface area contributed by atoms with Crippen LogP contribution in [0.25, 0.3) is 0 Å². The van der Waals surface area contributed by atoms with Gasteiger partial charge in [0, 0.05) is 38.6 Å². The Morgan fingerprint density at radius 2 is 2.47 bits per heavy atom. The SMILES string of the molecule is CCn1ccnc(N2CCOC(CN)C2)c1=O. The number of rotatable bonds is 3. The van der Waals surface area contributed by atoms with Gasteiger partial charge in [-0.2, -0.15) is 0 Å². The molecule has 0 amide bonds. The normalized spacial score (nSPS) is 20.6. The lowest BCUT2D eigenvalue weighted by molar-refractivity contribution is 0.0461. The molecule has 1 aromatic heterocycles. The van der Waals surface area contributed by atoms with Gasteiger partial charge in [-0.25, -0.2) is 4.98 Å². The minimum atomic E-state index is -0.0485. The highest BCUT2D eigenvalue weighted by Crippen LogP contribution is 2.10. The summed E-state index contributed by atoms with van der Waals surface area (Å²) in [6, 6.07) is 0. The largest absolute Gasteiger partial charge is 0.373 e. The van der Waals surface area contributed by atoms with Gasteiger partial charge in [0.15, 0.2) is 5.82 Å². The molecule has 1 aliphatic rings. The molecular formula is C11H18N4O2. The minimum absolute atomic E-state index is 0.0137. The van der Waals surface area contributed by atoms with Gasteiger partial charge in [-0.05, 0) is 6.92 Å². The standard InChI is InChI=1S/C11H18N4O2/c1-2-14-4-3-13-10(11(14)16)15-5-6-17-9(7-12)8-15/h3-4,9H,2,5-8,12H2,1H3. The number of nitrogens with two attached hydrogens (primary N) is 1. The second-order valence-electron chi connectivity index (χ2n) is 4.02. The lowest BCUT2D eigenvalue weighted by Gasteiger charge is -2.32. The number of aromatic nitrogens is 2. The molecule has 6 nitrogen and oxygen atoms in total. The first-order chi connectivity index (χ1) is 8.26. The smallest absolute Gasteiger partial charge is 0.293 e. The summed E-state index contributed by atoms with van der Waals surface area (Å²) < 4.78 is 7.12. The Kier molecular flexibility index (Phi) is 3.75. The Bertz CT molecular complexity index is 432. The maximum Gasteiger partial charge on any atom is 0.293 e. The summed E-state index contributed by atoms with van der Waals surface area (Å²) in [7, 11) is 0. The molecule has 0 saturated carbocycles. The number of aryl methyl sites for hydroxylation is 1.